The molecule has 1 rings (SSSR count). The van der Waals surface area contributed by atoms with Crippen LogP contribution in [-0.4, -0.2) is 54.4 Å². The first-order valence-corrected chi connectivity index (χ1v) is 5.77. The third kappa shape index (κ3) is 3.59. The molecule has 0 saturated carbocycles. The smallest absolute Gasteiger partial charge is 0.317 e. The predicted octanol–water partition coefficient (Wildman–Crippen LogP) is 0.526. The molecule has 0 aliphatic carbocycles. The summed E-state index contributed by atoms with van der Waals surface area (Å²) >= 11 is 0. The Morgan fingerprint density at radius 1 is 1.47 bits per heavy atom. The van der Waals surface area contributed by atoms with Gasteiger partial charge in [0, 0.05) is 19.7 Å². The lowest BCUT2D eigenvalue weighted by molar-refractivity contribution is -0.141. The van der Waals surface area contributed by atoms with Gasteiger partial charge in [0.05, 0.1) is 18.6 Å². The highest BCUT2D eigenvalue weighted by Gasteiger charge is 2.27. The summed E-state index contributed by atoms with van der Waals surface area (Å²) in [6.07, 6.45) is 0.826. The van der Waals surface area contributed by atoms with E-state index in [-0.39, 0.29) is 12.1 Å². The summed E-state index contributed by atoms with van der Waals surface area (Å²) in [5.41, 5.74) is 0. The van der Waals surface area contributed by atoms with Gasteiger partial charge in [-0.3, -0.25) is 4.79 Å². The van der Waals surface area contributed by atoms with Crippen LogP contribution in [0, 0.1) is 5.92 Å². The molecule has 0 spiro atoms. The third-order valence-electron chi connectivity index (χ3n) is 3.26. The van der Waals surface area contributed by atoms with E-state index in [0.29, 0.717) is 13.2 Å². The van der Waals surface area contributed by atoms with Gasteiger partial charge in [0.15, 0.2) is 0 Å². The van der Waals surface area contributed by atoms with E-state index in [1.807, 2.05) is 0 Å². The molecule has 1 saturated heterocycles. The second-order valence-electron chi connectivity index (χ2n) is 4.49. The van der Waals surface area contributed by atoms with Crippen LogP contribution in [0.4, 0.5) is 4.79 Å². The molecule has 1 heterocycles. The van der Waals surface area contributed by atoms with E-state index in [1.165, 1.54) is 0 Å². The Morgan fingerprint density at radius 2 is 2.12 bits per heavy atom. The van der Waals surface area contributed by atoms with E-state index in [2.05, 4.69) is 5.32 Å². The zero-order valence-electron chi connectivity index (χ0n) is 10.5. The molecule has 1 aliphatic heterocycles. The van der Waals surface area contributed by atoms with Gasteiger partial charge in [-0.05, 0) is 20.3 Å². The summed E-state index contributed by atoms with van der Waals surface area (Å²) < 4.78 is 5.20. The second-order valence-corrected chi connectivity index (χ2v) is 4.49. The maximum atomic E-state index is 11.8. The fraction of sp³-hybridized carbons (Fsp3) is 0.818. The molecule has 1 aliphatic rings. The molecule has 3 atom stereocenters. The minimum atomic E-state index is -0.912. The van der Waals surface area contributed by atoms with E-state index < -0.39 is 17.9 Å². The summed E-state index contributed by atoms with van der Waals surface area (Å²) in [5.74, 6) is -1.52. The summed E-state index contributed by atoms with van der Waals surface area (Å²) in [4.78, 5) is 24.2. The standard InChI is InChI=1S/C11H20N2O4/c1-7(10(14)15)8(2)12-11(16)13(3)9-4-5-17-6-9/h7-9H,4-6H2,1-3H3,(H,12,16)(H,14,15). The van der Waals surface area contributed by atoms with Crippen LogP contribution in [0.2, 0.25) is 0 Å². The topological polar surface area (TPSA) is 78.9 Å². The SMILES string of the molecule is CC(NC(=O)N(C)C1CCOC1)C(C)C(=O)O. The Kier molecular flexibility index (Phi) is 4.74. The zero-order valence-corrected chi connectivity index (χ0v) is 10.5. The van der Waals surface area contributed by atoms with Gasteiger partial charge in [0.1, 0.15) is 0 Å². The number of likely N-dealkylation sites (N-methyl/N-ethyl adjacent to an activating group) is 1. The van der Waals surface area contributed by atoms with Gasteiger partial charge in [-0.1, -0.05) is 0 Å². The van der Waals surface area contributed by atoms with Gasteiger partial charge < -0.3 is 20.1 Å². The number of carbonyl (C=O) groups excluding carboxylic acids is 1. The number of urea groups is 1. The molecule has 0 aromatic heterocycles. The molecule has 2 N–H and O–H groups in total. The molecule has 6 heteroatoms. The molecule has 3 unspecified atom stereocenters. The number of aliphatic carboxylic acids is 1. The Balaban J connectivity index is 2.44. The fourth-order valence-electron chi connectivity index (χ4n) is 1.63. The average molecular weight is 244 g/mol. The predicted molar refractivity (Wildman–Crippen MR) is 61.8 cm³/mol. The van der Waals surface area contributed by atoms with Crippen LogP contribution in [0.25, 0.3) is 0 Å². The van der Waals surface area contributed by atoms with Crippen LogP contribution in [0.15, 0.2) is 0 Å². The largest absolute Gasteiger partial charge is 0.481 e. The first-order chi connectivity index (χ1) is 7.93. The lowest BCUT2D eigenvalue weighted by atomic mass is 10.0. The maximum absolute atomic E-state index is 11.8. The summed E-state index contributed by atoms with van der Waals surface area (Å²) in [6.45, 7) is 4.48. The fourth-order valence-corrected chi connectivity index (χ4v) is 1.63. The van der Waals surface area contributed by atoms with Crippen molar-refractivity contribution < 1.29 is 19.4 Å². The summed E-state index contributed by atoms with van der Waals surface area (Å²) in [5, 5.41) is 11.5. The highest BCUT2D eigenvalue weighted by atomic mass is 16.5. The van der Waals surface area contributed by atoms with Crippen LogP contribution in [-0.2, 0) is 9.53 Å². The molecule has 0 aromatic rings. The van der Waals surface area contributed by atoms with E-state index >= 15 is 0 Å². The molecule has 6 nitrogen and oxygen atoms in total. The van der Waals surface area contributed by atoms with Crippen molar-refractivity contribution >= 4 is 12.0 Å². The first-order valence-electron chi connectivity index (χ1n) is 5.77. The highest BCUT2D eigenvalue weighted by Crippen LogP contribution is 2.11. The molecule has 2 amide bonds. The van der Waals surface area contributed by atoms with Gasteiger partial charge in [-0.25, -0.2) is 4.79 Å². The molecule has 0 aromatic carbocycles. The highest BCUT2D eigenvalue weighted by molar-refractivity contribution is 5.76. The van der Waals surface area contributed by atoms with E-state index in [4.69, 9.17) is 9.84 Å². The average Bonchev–Trinajstić information content (AvgIpc) is 2.79. The van der Waals surface area contributed by atoms with Crippen LogP contribution >= 0.6 is 0 Å². The van der Waals surface area contributed by atoms with Gasteiger partial charge in [-0.15, -0.1) is 0 Å². The number of nitrogens with one attached hydrogen (secondary N) is 1. The van der Waals surface area contributed by atoms with Crippen LogP contribution in [0.1, 0.15) is 20.3 Å². The van der Waals surface area contributed by atoms with Crippen molar-refractivity contribution in [2.24, 2.45) is 5.92 Å². The lowest BCUT2D eigenvalue weighted by Crippen LogP contribution is -2.49. The van der Waals surface area contributed by atoms with Gasteiger partial charge in [0.25, 0.3) is 0 Å². The van der Waals surface area contributed by atoms with Crippen molar-refractivity contribution in [3.8, 4) is 0 Å². The van der Waals surface area contributed by atoms with Crippen molar-refractivity contribution in [2.45, 2.75) is 32.4 Å². The van der Waals surface area contributed by atoms with Crippen LogP contribution in [0.5, 0.6) is 0 Å². The van der Waals surface area contributed by atoms with Crippen molar-refractivity contribution in [1.82, 2.24) is 10.2 Å². The molecule has 0 bridgehead atoms. The van der Waals surface area contributed by atoms with Crippen LogP contribution < -0.4 is 5.32 Å². The quantitative estimate of drug-likeness (QED) is 0.756. The van der Waals surface area contributed by atoms with E-state index in [1.54, 1.807) is 25.8 Å². The minimum absolute atomic E-state index is 0.0855. The lowest BCUT2D eigenvalue weighted by Gasteiger charge is -2.26. The third-order valence-corrected chi connectivity index (χ3v) is 3.26. The van der Waals surface area contributed by atoms with Crippen molar-refractivity contribution in [1.29, 1.82) is 0 Å². The van der Waals surface area contributed by atoms with Crippen molar-refractivity contribution in [3.63, 3.8) is 0 Å². The number of amides is 2. The number of ether oxygens (including phenoxy) is 1. The van der Waals surface area contributed by atoms with Crippen LogP contribution in [0.3, 0.4) is 0 Å². The Hall–Kier alpha value is -1.30. The molecule has 1 fully saturated rings. The Labute approximate surface area is 101 Å². The Bertz CT molecular complexity index is 289. The zero-order chi connectivity index (χ0) is 13.0. The number of hydrogen-bond donors (Lipinski definition) is 2. The van der Waals surface area contributed by atoms with Crippen molar-refractivity contribution in [3.05, 3.63) is 0 Å². The minimum Gasteiger partial charge on any atom is -0.481 e. The summed E-state index contributed by atoms with van der Waals surface area (Å²) in [6, 6.07) is -0.562. The van der Waals surface area contributed by atoms with Gasteiger partial charge >= 0.3 is 12.0 Å². The van der Waals surface area contributed by atoms with E-state index in [9.17, 15) is 9.59 Å². The number of hydrogen-bond acceptors (Lipinski definition) is 3. The molecule has 98 valence electrons. The number of carboxylic acids is 1. The molecule has 0 radical (unpaired) electrons. The van der Waals surface area contributed by atoms with Gasteiger partial charge in [-0.2, -0.15) is 0 Å². The summed E-state index contributed by atoms with van der Waals surface area (Å²) in [7, 11) is 1.70. The normalized spacial score (nSPS) is 22.9. The van der Waals surface area contributed by atoms with Crippen molar-refractivity contribution in [2.75, 3.05) is 20.3 Å². The maximum Gasteiger partial charge on any atom is 0.317 e. The molecular weight excluding hydrogens is 224 g/mol. The molecule has 17 heavy (non-hydrogen) atoms. The Morgan fingerprint density at radius 3 is 2.59 bits per heavy atom. The van der Waals surface area contributed by atoms with E-state index in [0.717, 1.165) is 6.42 Å². The molecular formula is C11H20N2O4. The number of carboxylic acid groups (broad SMARTS) is 1. The van der Waals surface area contributed by atoms with Gasteiger partial charge in [0.2, 0.25) is 0 Å². The first kappa shape index (κ1) is 13.8. The number of rotatable bonds is 4. The number of carbonyl (C=O) groups is 2. The second kappa shape index (κ2) is 5.86. The monoisotopic (exact) mass is 244 g/mol. The number of nitrogens with zero attached hydrogens (tertiary/aromatic N) is 1.